The lowest BCUT2D eigenvalue weighted by Gasteiger charge is -2.04. The highest BCUT2D eigenvalue weighted by Gasteiger charge is 2.03. The minimum Gasteiger partial charge on any atom is -0.416 e. The molecular weight excluding hydrogens is 248 g/mol. The lowest BCUT2D eigenvalue weighted by Crippen LogP contribution is -2.01. The molecule has 0 bridgehead atoms. The molecule has 0 unspecified atom stereocenters. The molecule has 2 rings (SSSR count). The van der Waals surface area contributed by atoms with Crippen LogP contribution < -0.4 is 5.32 Å². The summed E-state index contributed by atoms with van der Waals surface area (Å²) in [7, 11) is 0. The first-order valence-electron chi connectivity index (χ1n) is 5.89. The molecule has 0 spiro atoms. The normalized spacial score (nSPS) is 10.6. The Kier molecular flexibility index (Phi) is 4.58. The maximum absolute atomic E-state index is 5.29. The van der Waals surface area contributed by atoms with Crippen molar-refractivity contribution in [1.29, 1.82) is 0 Å². The molecule has 0 saturated carbocycles. The van der Waals surface area contributed by atoms with E-state index in [1.807, 2.05) is 12.3 Å². The summed E-state index contributed by atoms with van der Waals surface area (Å²) in [6.07, 6.45) is 2.96. The van der Waals surface area contributed by atoms with Crippen LogP contribution in [0.1, 0.15) is 24.8 Å². The molecule has 0 radical (unpaired) electrons. The quantitative estimate of drug-likeness (QED) is 0.809. The zero-order valence-corrected chi connectivity index (χ0v) is 11.3. The van der Waals surface area contributed by atoms with Crippen molar-refractivity contribution in [3.05, 3.63) is 29.8 Å². The molecule has 0 aliphatic heterocycles. The summed E-state index contributed by atoms with van der Waals surface area (Å²) >= 11 is 1.52. The third kappa shape index (κ3) is 3.73. The highest BCUT2D eigenvalue weighted by Crippen LogP contribution is 2.21. The van der Waals surface area contributed by atoms with Crippen molar-refractivity contribution < 1.29 is 4.42 Å². The Morgan fingerprint density at radius 2 is 2.22 bits per heavy atom. The fourth-order valence-corrected chi connectivity index (χ4v) is 2.09. The summed E-state index contributed by atoms with van der Waals surface area (Å²) in [5, 5.41) is 11.6. The van der Waals surface area contributed by atoms with Crippen molar-refractivity contribution in [2.45, 2.75) is 31.2 Å². The van der Waals surface area contributed by atoms with E-state index in [9.17, 15) is 0 Å². The van der Waals surface area contributed by atoms with Crippen LogP contribution in [0.15, 0.2) is 28.0 Å². The van der Waals surface area contributed by atoms with E-state index in [2.05, 4.69) is 33.5 Å². The van der Waals surface area contributed by atoms with Gasteiger partial charge in [0.25, 0.3) is 5.22 Å². The summed E-state index contributed by atoms with van der Waals surface area (Å²) in [6, 6.07) is 4.05. The standard InChI is InChI=1S/C12H16N4OS/c1-3-6-13-11-5-4-10(7-14-11)8-18-12-16-15-9(2)17-12/h4-5,7H,3,6,8H2,1-2H3,(H,13,14). The van der Waals surface area contributed by atoms with Crippen LogP contribution >= 0.6 is 11.8 Å². The molecule has 0 fully saturated rings. The van der Waals surface area contributed by atoms with Gasteiger partial charge in [-0.15, -0.1) is 10.2 Å². The van der Waals surface area contributed by atoms with Crippen molar-refractivity contribution in [2.75, 3.05) is 11.9 Å². The Bertz CT molecular complexity index is 483. The van der Waals surface area contributed by atoms with Crippen LogP contribution in [-0.2, 0) is 5.75 Å². The fourth-order valence-electron chi connectivity index (χ4n) is 1.35. The van der Waals surface area contributed by atoms with E-state index in [4.69, 9.17) is 4.42 Å². The highest BCUT2D eigenvalue weighted by molar-refractivity contribution is 7.98. The summed E-state index contributed by atoms with van der Waals surface area (Å²) < 4.78 is 5.29. The van der Waals surface area contributed by atoms with Gasteiger partial charge in [-0.25, -0.2) is 4.98 Å². The molecule has 0 aliphatic carbocycles. The van der Waals surface area contributed by atoms with Crippen LogP contribution in [-0.4, -0.2) is 21.7 Å². The average Bonchev–Trinajstić information content (AvgIpc) is 2.81. The molecule has 0 atom stereocenters. The van der Waals surface area contributed by atoms with E-state index < -0.39 is 0 Å². The second-order valence-electron chi connectivity index (χ2n) is 3.85. The number of nitrogens with zero attached hydrogens (tertiary/aromatic N) is 3. The van der Waals surface area contributed by atoms with Gasteiger partial charge in [0.2, 0.25) is 5.89 Å². The summed E-state index contributed by atoms with van der Waals surface area (Å²) in [6.45, 7) is 4.86. The van der Waals surface area contributed by atoms with Crippen molar-refractivity contribution in [2.24, 2.45) is 0 Å². The van der Waals surface area contributed by atoms with Crippen LogP contribution in [0.2, 0.25) is 0 Å². The second kappa shape index (κ2) is 6.39. The first-order chi connectivity index (χ1) is 8.78. The number of anilines is 1. The largest absolute Gasteiger partial charge is 0.416 e. The van der Waals surface area contributed by atoms with Crippen molar-refractivity contribution in [3.8, 4) is 0 Å². The average molecular weight is 264 g/mol. The molecule has 1 N–H and O–H groups in total. The lowest BCUT2D eigenvalue weighted by molar-refractivity contribution is 0.429. The minimum atomic E-state index is 0.592. The number of aryl methyl sites for hydroxylation is 1. The number of rotatable bonds is 6. The van der Waals surface area contributed by atoms with Crippen LogP contribution in [0, 0.1) is 6.92 Å². The van der Waals surface area contributed by atoms with Crippen molar-refractivity contribution in [3.63, 3.8) is 0 Å². The number of aromatic nitrogens is 3. The van der Waals surface area contributed by atoms with E-state index in [0.29, 0.717) is 11.1 Å². The van der Waals surface area contributed by atoms with Gasteiger partial charge in [0.1, 0.15) is 5.82 Å². The maximum Gasteiger partial charge on any atom is 0.276 e. The van der Waals surface area contributed by atoms with Gasteiger partial charge in [0.05, 0.1) is 0 Å². The SMILES string of the molecule is CCCNc1ccc(CSc2nnc(C)o2)cn1. The van der Waals surface area contributed by atoms with E-state index in [-0.39, 0.29) is 0 Å². The van der Waals surface area contributed by atoms with Crippen LogP contribution in [0.3, 0.4) is 0 Å². The predicted octanol–water partition coefficient (Wildman–Crippen LogP) is 2.89. The van der Waals surface area contributed by atoms with E-state index in [1.54, 1.807) is 6.92 Å². The summed E-state index contributed by atoms with van der Waals surface area (Å²) in [5.41, 5.74) is 1.14. The molecule has 2 aromatic rings. The highest BCUT2D eigenvalue weighted by atomic mass is 32.2. The number of hydrogen-bond acceptors (Lipinski definition) is 6. The van der Waals surface area contributed by atoms with E-state index >= 15 is 0 Å². The van der Waals surface area contributed by atoms with Gasteiger partial charge in [-0.2, -0.15) is 0 Å². The van der Waals surface area contributed by atoms with Gasteiger partial charge in [-0.05, 0) is 18.1 Å². The Hall–Kier alpha value is -1.56. The second-order valence-corrected chi connectivity index (χ2v) is 4.78. The number of nitrogens with one attached hydrogen (secondary N) is 1. The van der Waals surface area contributed by atoms with Crippen molar-refractivity contribution >= 4 is 17.6 Å². The Balaban J connectivity index is 1.86. The van der Waals surface area contributed by atoms with Gasteiger partial charge in [-0.3, -0.25) is 0 Å². The molecule has 96 valence electrons. The van der Waals surface area contributed by atoms with Gasteiger partial charge in [0, 0.05) is 25.4 Å². The Labute approximate surface area is 110 Å². The van der Waals surface area contributed by atoms with Gasteiger partial charge < -0.3 is 9.73 Å². The molecular formula is C12H16N4OS. The molecule has 0 aromatic carbocycles. The fraction of sp³-hybridized carbons (Fsp3) is 0.417. The van der Waals surface area contributed by atoms with Crippen molar-refractivity contribution in [1.82, 2.24) is 15.2 Å². The van der Waals surface area contributed by atoms with Crippen LogP contribution in [0.4, 0.5) is 5.82 Å². The molecule has 0 amide bonds. The Morgan fingerprint density at radius 1 is 1.33 bits per heavy atom. The lowest BCUT2D eigenvalue weighted by atomic mass is 10.3. The molecule has 5 nitrogen and oxygen atoms in total. The molecule has 2 aromatic heterocycles. The molecule has 0 aliphatic rings. The van der Waals surface area contributed by atoms with Crippen LogP contribution in [0.5, 0.6) is 0 Å². The minimum absolute atomic E-state index is 0.592. The van der Waals surface area contributed by atoms with E-state index in [1.165, 1.54) is 11.8 Å². The third-order valence-electron chi connectivity index (χ3n) is 2.25. The molecule has 6 heteroatoms. The maximum atomic E-state index is 5.29. The first kappa shape index (κ1) is 12.9. The van der Waals surface area contributed by atoms with E-state index in [0.717, 1.165) is 30.1 Å². The monoisotopic (exact) mass is 264 g/mol. The van der Waals surface area contributed by atoms with Crippen LogP contribution in [0.25, 0.3) is 0 Å². The molecule has 2 heterocycles. The number of hydrogen-bond donors (Lipinski definition) is 1. The Morgan fingerprint density at radius 3 is 2.83 bits per heavy atom. The number of thioether (sulfide) groups is 1. The predicted molar refractivity (Wildman–Crippen MR) is 71.6 cm³/mol. The van der Waals surface area contributed by atoms with Gasteiger partial charge >= 0.3 is 0 Å². The zero-order chi connectivity index (χ0) is 12.8. The van der Waals surface area contributed by atoms with Gasteiger partial charge in [0.15, 0.2) is 0 Å². The first-order valence-corrected chi connectivity index (χ1v) is 6.88. The summed E-state index contributed by atoms with van der Waals surface area (Å²) in [5.74, 6) is 2.29. The topological polar surface area (TPSA) is 63.8 Å². The smallest absolute Gasteiger partial charge is 0.276 e. The molecule has 0 saturated heterocycles. The summed E-state index contributed by atoms with van der Waals surface area (Å²) in [4.78, 5) is 4.34. The third-order valence-corrected chi connectivity index (χ3v) is 3.14. The number of pyridine rings is 1. The van der Waals surface area contributed by atoms with Gasteiger partial charge in [-0.1, -0.05) is 24.8 Å². The molecule has 18 heavy (non-hydrogen) atoms. The zero-order valence-electron chi connectivity index (χ0n) is 10.5.